The Hall–Kier alpha value is -4.04. The Bertz CT molecular complexity index is 1340. The molecule has 2 N–H and O–H groups in total. The number of benzene rings is 3. The van der Waals surface area contributed by atoms with E-state index >= 15 is 0 Å². The van der Waals surface area contributed by atoms with E-state index in [1.807, 2.05) is 77.5 Å². The van der Waals surface area contributed by atoms with E-state index in [-0.39, 0.29) is 30.4 Å². The lowest BCUT2D eigenvalue weighted by atomic mass is 9.93. The minimum absolute atomic E-state index is 0.00563. The van der Waals surface area contributed by atoms with Gasteiger partial charge in [-0.2, -0.15) is 4.98 Å². The molecule has 8 nitrogen and oxygen atoms in total. The molecule has 5 rings (SSSR count). The number of rotatable bonds is 7. The van der Waals surface area contributed by atoms with Crippen molar-refractivity contribution in [1.29, 1.82) is 0 Å². The molecule has 1 aliphatic heterocycles. The van der Waals surface area contributed by atoms with Crippen LogP contribution in [0.15, 0.2) is 72.8 Å². The Morgan fingerprint density at radius 3 is 2.22 bits per heavy atom. The summed E-state index contributed by atoms with van der Waals surface area (Å²) in [6.07, 6.45) is 0.945. The average Bonchev–Trinajstić information content (AvgIpc) is 3.31. The van der Waals surface area contributed by atoms with Crippen molar-refractivity contribution in [2.24, 2.45) is 0 Å². The van der Waals surface area contributed by atoms with E-state index in [0.29, 0.717) is 11.0 Å². The van der Waals surface area contributed by atoms with Crippen LogP contribution in [0.25, 0.3) is 0 Å². The molecule has 1 aliphatic rings. The van der Waals surface area contributed by atoms with Crippen LogP contribution in [0, 0.1) is 0 Å². The van der Waals surface area contributed by atoms with Gasteiger partial charge in [0.1, 0.15) is 11.5 Å². The van der Waals surface area contributed by atoms with Gasteiger partial charge in [-0.3, -0.25) is 10.1 Å². The van der Waals surface area contributed by atoms with Crippen LogP contribution in [0.1, 0.15) is 35.2 Å². The molecule has 0 saturated carbocycles. The van der Waals surface area contributed by atoms with E-state index in [4.69, 9.17) is 21.1 Å². The lowest BCUT2D eigenvalue weighted by Crippen LogP contribution is -2.28. The molecule has 3 aromatic carbocycles. The fraction of sp³-hybridized carbons (Fsp3) is 0.222. The summed E-state index contributed by atoms with van der Waals surface area (Å²) in [5, 5.41) is 11.6. The maximum absolute atomic E-state index is 12.7. The number of anilines is 2. The number of nitrogens with zero attached hydrogens (tertiary/aromatic N) is 3. The van der Waals surface area contributed by atoms with Crippen LogP contribution in [0.4, 0.5) is 11.9 Å². The predicted octanol–water partition coefficient (Wildman–Crippen LogP) is 5.28. The van der Waals surface area contributed by atoms with Gasteiger partial charge in [0.15, 0.2) is 0 Å². The van der Waals surface area contributed by atoms with Gasteiger partial charge in [0, 0.05) is 5.02 Å². The first-order valence-electron chi connectivity index (χ1n) is 11.6. The highest BCUT2D eigenvalue weighted by molar-refractivity contribution is 6.30. The molecule has 0 radical (unpaired) electrons. The van der Waals surface area contributed by atoms with Gasteiger partial charge in [-0.1, -0.05) is 48.0 Å². The van der Waals surface area contributed by atoms with Crippen molar-refractivity contribution < 1.29 is 14.3 Å². The van der Waals surface area contributed by atoms with Crippen molar-refractivity contribution in [2.75, 3.05) is 24.9 Å². The number of carbonyl (C=O) groups is 1. The largest absolute Gasteiger partial charge is 0.497 e. The topological polar surface area (TPSA) is 90.3 Å². The molecule has 1 amide bonds. The van der Waals surface area contributed by atoms with Crippen molar-refractivity contribution in [3.05, 3.63) is 94.5 Å². The number of hydrogen-bond acceptors (Lipinski definition) is 6. The van der Waals surface area contributed by atoms with Crippen molar-refractivity contribution in [2.45, 2.75) is 24.9 Å². The summed E-state index contributed by atoms with van der Waals surface area (Å²) in [7, 11) is 3.26. The van der Waals surface area contributed by atoms with Crippen molar-refractivity contribution >= 4 is 29.4 Å². The van der Waals surface area contributed by atoms with Gasteiger partial charge < -0.3 is 14.8 Å². The Labute approximate surface area is 214 Å². The number of nitrogens with one attached hydrogen (secondary N) is 2. The molecule has 4 aromatic rings. The van der Waals surface area contributed by atoms with Crippen molar-refractivity contribution in [3.63, 3.8) is 0 Å². The third-order valence-electron chi connectivity index (χ3n) is 6.24. The van der Waals surface area contributed by atoms with Gasteiger partial charge in [-0.25, -0.2) is 4.68 Å². The van der Waals surface area contributed by atoms with Gasteiger partial charge >= 0.3 is 0 Å². The first kappa shape index (κ1) is 23.7. The maximum atomic E-state index is 12.7. The standard InChI is InChI=1S/C27H26ClN5O3/c1-35-21-11-3-17(4-12-21)15-25(34)30-26-31-27-29-23(18-5-9-20(28)10-6-18)16-24(33(27)32-26)19-7-13-22(36-2)14-8-19/h3-14,23-24H,15-16H2,1-2H3,(H2,29,30,31,32,34)/t23-,24+/m0/s1. The average molecular weight is 504 g/mol. The maximum Gasteiger partial charge on any atom is 0.250 e. The lowest BCUT2D eigenvalue weighted by molar-refractivity contribution is -0.115. The zero-order valence-corrected chi connectivity index (χ0v) is 20.7. The van der Waals surface area contributed by atoms with E-state index < -0.39 is 0 Å². The zero-order valence-electron chi connectivity index (χ0n) is 19.9. The number of carbonyl (C=O) groups excluding carboxylic acids is 1. The van der Waals surface area contributed by atoms with Gasteiger partial charge in [-0.15, -0.1) is 5.10 Å². The van der Waals surface area contributed by atoms with Crippen LogP contribution in [0.2, 0.25) is 5.02 Å². The summed E-state index contributed by atoms with van der Waals surface area (Å²) in [6.45, 7) is 0. The van der Waals surface area contributed by atoms with Crippen molar-refractivity contribution in [3.8, 4) is 11.5 Å². The number of methoxy groups -OCH3 is 2. The molecule has 2 heterocycles. The summed E-state index contributed by atoms with van der Waals surface area (Å²) in [4.78, 5) is 17.3. The molecule has 0 bridgehead atoms. The smallest absolute Gasteiger partial charge is 0.250 e. The second-order valence-electron chi connectivity index (χ2n) is 8.55. The van der Waals surface area contributed by atoms with Gasteiger partial charge in [0.25, 0.3) is 5.95 Å². The van der Waals surface area contributed by atoms with Gasteiger partial charge in [-0.05, 0) is 59.5 Å². The van der Waals surface area contributed by atoms with Gasteiger partial charge in [0.05, 0.1) is 32.7 Å². The minimum atomic E-state index is -0.196. The molecular formula is C27H26ClN5O3. The molecule has 2 atom stereocenters. The van der Waals surface area contributed by atoms with Crippen LogP contribution in [0.3, 0.4) is 0 Å². The number of hydrogen-bond donors (Lipinski definition) is 2. The lowest BCUT2D eigenvalue weighted by Gasteiger charge is -2.31. The molecule has 184 valence electrons. The Balaban J connectivity index is 1.40. The fourth-order valence-corrected chi connectivity index (χ4v) is 4.47. The first-order chi connectivity index (χ1) is 17.5. The van der Waals surface area contributed by atoms with Crippen LogP contribution < -0.4 is 20.1 Å². The highest BCUT2D eigenvalue weighted by Gasteiger charge is 2.31. The molecule has 0 unspecified atom stereocenters. The Morgan fingerprint density at radius 1 is 0.972 bits per heavy atom. The fourth-order valence-electron chi connectivity index (χ4n) is 4.35. The highest BCUT2D eigenvalue weighted by atomic mass is 35.5. The molecule has 36 heavy (non-hydrogen) atoms. The SMILES string of the molecule is COc1ccc(CC(=O)Nc2nc3n(n2)[C@@H](c2ccc(OC)cc2)C[C@@H](c2ccc(Cl)cc2)N3)cc1. The molecular weight excluding hydrogens is 478 g/mol. The van der Waals surface area contributed by atoms with E-state index in [1.165, 1.54) is 0 Å². The van der Waals surface area contributed by atoms with Crippen LogP contribution in [-0.2, 0) is 11.2 Å². The Morgan fingerprint density at radius 2 is 1.58 bits per heavy atom. The molecule has 0 aliphatic carbocycles. The number of halogens is 1. The van der Waals surface area contributed by atoms with Crippen LogP contribution >= 0.6 is 11.6 Å². The number of fused-ring (bicyclic) bond motifs is 1. The number of amides is 1. The third-order valence-corrected chi connectivity index (χ3v) is 6.49. The quantitative estimate of drug-likeness (QED) is 0.357. The summed E-state index contributed by atoms with van der Waals surface area (Å²) < 4.78 is 12.3. The van der Waals surface area contributed by atoms with E-state index in [1.54, 1.807) is 14.2 Å². The molecule has 1 aromatic heterocycles. The predicted molar refractivity (Wildman–Crippen MR) is 139 cm³/mol. The summed E-state index contributed by atoms with van der Waals surface area (Å²) in [6, 6.07) is 23.0. The normalized spacial score (nSPS) is 16.5. The molecule has 9 heteroatoms. The number of aromatic nitrogens is 3. The summed E-state index contributed by atoms with van der Waals surface area (Å²) in [5.74, 6) is 2.17. The van der Waals surface area contributed by atoms with E-state index in [9.17, 15) is 4.79 Å². The second kappa shape index (κ2) is 10.3. The van der Waals surface area contributed by atoms with Crippen molar-refractivity contribution in [1.82, 2.24) is 14.8 Å². The first-order valence-corrected chi connectivity index (χ1v) is 12.0. The van der Waals surface area contributed by atoms with Crippen LogP contribution in [-0.4, -0.2) is 34.9 Å². The second-order valence-corrected chi connectivity index (χ2v) is 8.99. The zero-order chi connectivity index (χ0) is 25.1. The van der Waals surface area contributed by atoms with E-state index in [2.05, 4.69) is 20.7 Å². The third kappa shape index (κ3) is 5.13. The minimum Gasteiger partial charge on any atom is -0.497 e. The van der Waals surface area contributed by atoms with E-state index in [0.717, 1.165) is 34.6 Å². The summed E-state index contributed by atoms with van der Waals surface area (Å²) in [5.41, 5.74) is 3.03. The molecule has 0 spiro atoms. The Kier molecular flexibility index (Phi) is 6.77. The van der Waals surface area contributed by atoms with Crippen LogP contribution in [0.5, 0.6) is 11.5 Å². The monoisotopic (exact) mass is 503 g/mol. The molecule has 0 saturated heterocycles. The summed E-state index contributed by atoms with van der Waals surface area (Å²) >= 11 is 6.10. The highest BCUT2D eigenvalue weighted by Crippen LogP contribution is 2.38. The van der Waals surface area contributed by atoms with Gasteiger partial charge in [0.2, 0.25) is 11.9 Å². The molecule has 0 fully saturated rings. The number of ether oxygens (including phenoxy) is 2.